The molecule has 1 saturated heterocycles. The molecular formula is C27H21ClF3N7O3. The van der Waals surface area contributed by atoms with Gasteiger partial charge in [-0.25, -0.2) is 23.1 Å². The maximum Gasteiger partial charge on any atom is 0.275 e. The number of aromatic nitrogens is 5. The molecule has 2 amide bonds. The van der Waals surface area contributed by atoms with Crippen molar-refractivity contribution < 1.29 is 27.5 Å². The lowest BCUT2D eigenvalue weighted by atomic mass is 10.0. The number of amides is 2. The van der Waals surface area contributed by atoms with Gasteiger partial charge in [-0.3, -0.25) is 24.2 Å². The fourth-order valence-electron chi connectivity index (χ4n) is 4.88. The van der Waals surface area contributed by atoms with E-state index in [0.717, 1.165) is 36.5 Å². The lowest BCUT2D eigenvalue weighted by Gasteiger charge is -2.20. The zero-order chi connectivity index (χ0) is 28.8. The van der Waals surface area contributed by atoms with Crippen LogP contribution in [0.1, 0.15) is 34.5 Å². The van der Waals surface area contributed by atoms with E-state index in [9.17, 15) is 22.8 Å². The zero-order valence-corrected chi connectivity index (χ0v) is 22.1. The highest BCUT2D eigenvalue weighted by Crippen LogP contribution is 2.48. The van der Waals surface area contributed by atoms with Crippen LogP contribution >= 0.6 is 11.6 Å². The van der Waals surface area contributed by atoms with E-state index in [2.05, 4.69) is 25.4 Å². The van der Waals surface area contributed by atoms with E-state index in [0.29, 0.717) is 36.3 Å². The summed E-state index contributed by atoms with van der Waals surface area (Å²) in [5.74, 6) is -0.260. The van der Waals surface area contributed by atoms with Crippen LogP contribution in [0.5, 0.6) is 5.75 Å². The maximum absolute atomic E-state index is 14.7. The van der Waals surface area contributed by atoms with Gasteiger partial charge in [-0.1, -0.05) is 17.7 Å². The summed E-state index contributed by atoms with van der Waals surface area (Å²) in [6.07, 6.45) is 4.76. The van der Waals surface area contributed by atoms with Crippen LogP contribution in [0.4, 0.5) is 24.7 Å². The number of hydrogen-bond acceptors (Lipinski definition) is 7. The van der Waals surface area contributed by atoms with Crippen molar-refractivity contribution in [2.24, 2.45) is 11.8 Å². The number of carbonyl (C=O) groups excluding carboxylic acids is 2. The Bertz CT molecular complexity index is 1680. The third-order valence-corrected chi connectivity index (χ3v) is 7.30. The van der Waals surface area contributed by atoms with Crippen molar-refractivity contribution in [1.29, 1.82) is 0 Å². The molecule has 41 heavy (non-hydrogen) atoms. The number of carbonyl (C=O) groups is 2. The molecule has 2 atom stereocenters. The molecule has 1 N–H and O–H groups in total. The van der Waals surface area contributed by atoms with Crippen LogP contribution in [0.25, 0.3) is 11.3 Å². The number of piperidine rings is 1. The number of benzene rings is 1. The van der Waals surface area contributed by atoms with Gasteiger partial charge in [0.05, 0.1) is 48.6 Å². The molecule has 3 aromatic heterocycles. The molecular weight excluding hydrogens is 563 g/mol. The highest BCUT2D eigenvalue weighted by atomic mass is 35.5. The van der Waals surface area contributed by atoms with Crippen molar-refractivity contribution in [3.63, 3.8) is 0 Å². The number of nitrogens with one attached hydrogen (secondary N) is 1. The third-order valence-electron chi connectivity index (χ3n) is 7.01. The number of anilines is 2. The predicted octanol–water partition coefficient (Wildman–Crippen LogP) is 4.76. The number of halogens is 4. The van der Waals surface area contributed by atoms with Crippen molar-refractivity contribution in [2.45, 2.75) is 19.4 Å². The Morgan fingerprint density at radius 1 is 1.24 bits per heavy atom. The summed E-state index contributed by atoms with van der Waals surface area (Å²) >= 11 is 5.79. The van der Waals surface area contributed by atoms with Gasteiger partial charge in [-0.2, -0.15) is 5.10 Å². The SMILES string of the molecule is COc1cc(Cn2cc(NC(=O)c3cncc(-c4c(C(F)F)ccc(Cl)c4F)n3)cn2)cnc1N1C[C@H]2C[C@H]2C1=O. The molecule has 1 aliphatic heterocycles. The molecule has 10 nitrogen and oxygen atoms in total. The molecule has 1 aliphatic carbocycles. The molecule has 0 bridgehead atoms. The van der Waals surface area contributed by atoms with E-state index in [1.165, 1.54) is 13.3 Å². The van der Waals surface area contributed by atoms with E-state index in [1.807, 2.05) is 0 Å². The van der Waals surface area contributed by atoms with Gasteiger partial charge in [-0.05, 0) is 30.0 Å². The first kappa shape index (κ1) is 26.7. The number of hydrogen-bond donors (Lipinski definition) is 1. The largest absolute Gasteiger partial charge is 0.493 e. The molecule has 4 aromatic rings. The molecule has 0 radical (unpaired) electrons. The summed E-state index contributed by atoms with van der Waals surface area (Å²) in [4.78, 5) is 39.4. The number of pyridine rings is 1. The number of rotatable bonds is 8. The van der Waals surface area contributed by atoms with Crippen molar-refractivity contribution in [3.8, 4) is 17.0 Å². The van der Waals surface area contributed by atoms with Crippen LogP contribution in [0, 0.1) is 17.7 Å². The second-order valence-corrected chi connectivity index (χ2v) is 10.1. The Hall–Kier alpha value is -4.52. The van der Waals surface area contributed by atoms with E-state index in [-0.39, 0.29) is 28.2 Å². The standard InChI is InChI=1S/C27H21ClF3N7O3/c1-41-21-4-13(6-33-25(21)38-11-14-5-17(14)27(38)40)10-37-12-15(7-34-37)35-26(39)20-9-32-8-19(36-20)22-16(24(30)31)2-3-18(28)23(22)29/h2-4,6-9,12,14,17,24H,5,10-11H2,1H3,(H,35,39)/t14-,17-/m1/s1. The minimum Gasteiger partial charge on any atom is -0.493 e. The molecule has 210 valence electrons. The lowest BCUT2D eigenvalue weighted by Crippen LogP contribution is -2.29. The minimum atomic E-state index is -3.00. The van der Waals surface area contributed by atoms with E-state index >= 15 is 0 Å². The van der Waals surface area contributed by atoms with Gasteiger partial charge in [0.25, 0.3) is 12.3 Å². The fraction of sp³-hybridized carbons (Fsp3) is 0.259. The first-order valence-electron chi connectivity index (χ1n) is 12.5. The second-order valence-electron chi connectivity index (χ2n) is 9.72. The first-order chi connectivity index (χ1) is 19.7. The average molecular weight is 584 g/mol. The van der Waals surface area contributed by atoms with Crippen LogP contribution in [-0.2, 0) is 11.3 Å². The number of nitrogens with zero attached hydrogens (tertiary/aromatic N) is 6. The second kappa shape index (κ2) is 10.5. The topological polar surface area (TPSA) is 115 Å². The summed E-state index contributed by atoms with van der Waals surface area (Å²) in [5.41, 5.74) is -0.566. The van der Waals surface area contributed by atoms with Gasteiger partial charge < -0.3 is 10.1 Å². The van der Waals surface area contributed by atoms with Crippen LogP contribution in [0.15, 0.2) is 49.2 Å². The van der Waals surface area contributed by atoms with Crippen molar-refractivity contribution in [3.05, 3.63) is 76.8 Å². The van der Waals surface area contributed by atoms with E-state index in [4.69, 9.17) is 16.3 Å². The Kier molecular flexibility index (Phi) is 6.81. The van der Waals surface area contributed by atoms with Crippen molar-refractivity contribution in [2.75, 3.05) is 23.9 Å². The number of ether oxygens (including phenoxy) is 1. The average Bonchev–Trinajstić information content (AvgIpc) is 3.49. The van der Waals surface area contributed by atoms with Gasteiger partial charge in [0, 0.05) is 36.0 Å². The Labute approximate surface area is 236 Å². The molecule has 2 aliphatic rings. The molecule has 14 heteroatoms. The van der Waals surface area contributed by atoms with Gasteiger partial charge >= 0.3 is 0 Å². The minimum absolute atomic E-state index is 0.0726. The third kappa shape index (κ3) is 5.08. The van der Waals surface area contributed by atoms with Crippen LogP contribution in [-0.4, -0.2) is 50.2 Å². The molecule has 0 unspecified atom stereocenters. The molecule has 6 rings (SSSR count). The number of fused-ring (bicyclic) bond motifs is 1. The van der Waals surface area contributed by atoms with Crippen molar-refractivity contribution in [1.82, 2.24) is 24.7 Å². The summed E-state index contributed by atoms with van der Waals surface area (Å²) in [6.45, 7) is 0.932. The van der Waals surface area contributed by atoms with Crippen molar-refractivity contribution >= 4 is 34.9 Å². The molecule has 4 heterocycles. The van der Waals surface area contributed by atoms with Crippen LogP contribution in [0.2, 0.25) is 5.02 Å². The maximum atomic E-state index is 14.7. The van der Waals surface area contributed by atoms with Gasteiger partial charge in [-0.15, -0.1) is 0 Å². The summed E-state index contributed by atoms with van der Waals surface area (Å²) in [5, 5.41) is 6.49. The van der Waals surface area contributed by atoms with Gasteiger partial charge in [0.15, 0.2) is 17.4 Å². The van der Waals surface area contributed by atoms with Crippen LogP contribution < -0.4 is 15.0 Å². The lowest BCUT2D eigenvalue weighted by molar-refractivity contribution is -0.118. The quantitative estimate of drug-likeness (QED) is 0.318. The number of alkyl halides is 2. The Morgan fingerprint density at radius 2 is 2.07 bits per heavy atom. The highest BCUT2D eigenvalue weighted by Gasteiger charge is 2.53. The van der Waals surface area contributed by atoms with Gasteiger partial charge in [0.1, 0.15) is 5.69 Å². The number of methoxy groups -OCH3 is 1. The van der Waals surface area contributed by atoms with Crippen LogP contribution in [0.3, 0.4) is 0 Å². The molecule has 1 aromatic carbocycles. The Balaban J connectivity index is 1.16. The van der Waals surface area contributed by atoms with Gasteiger partial charge in [0.2, 0.25) is 5.91 Å². The highest BCUT2D eigenvalue weighted by molar-refractivity contribution is 6.31. The fourth-order valence-corrected chi connectivity index (χ4v) is 5.04. The Morgan fingerprint density at radius 3 is 2.80 bits per heavy atom. The summed E-state index contributed by atoms with van der Waals surface area (Å²) in [7, 11) is 1.51. The first-order valence-corrected chi connectivity index (χ1v) is 12.9. The summed E-state index contributed by atoms with van der Waals surface area (Å²) < 4.78 is 48.8. The van der Waals surface area contributed by atoms with E-state index < -0.39 is 29.3 Å². The normalized spacial score (nSPS) is 17.6. The molecule has 0 spiro atoms. The molecule has 2 fully saturated rings. The predicted molar refractivity (Wildman–Crippen MR) is 141 cm³/mol. The zero-order valence-electron chi connectivity index (χ0n) is 21.4. The summed E-state index contributed by atoms with van der Waals surface area (Å²) in [6, 6.07) is 3.81. The van der Waals surface area contributed by atoms with E-state index in [1.54, 1.807) is 28.0 Å². The smallest absolute Gasteiger partial charge is 0.275 e. The molecule has 1 saturated carbocycles. The monoisotopic (exact) mass is 583 g/mol.